The molecule has 0 atom stereocenters. The maximum absolute atomic E-state index is 14.1. The van der Waals surface area contributed by atoms with Crippen LogP contribution in [0.3, 0.4) is 0 Å². The number of rotatable bonds is 11. The van der Waals surface area contributed by atoms with Crippen molar-refractivity contribution in [2.24, 2.45) is 39.2 Å². The number of benzene rings is 4. The van der Waals surface area contributed by atoms with Gasteiger partial charge in [0, 0.05) is 18.5 Å². The zero-order valence-electron chi connectivity index (χ0n) is 44.1. The summed E-state index contributed by atoms with van der Waals surface area (Å²) in [6.07, 6.45) is 4.77. The smallest absolute Gasteiger partial charge is 0.420 e. The van der Waals surface area contributed by atoms with E-state index >= 15 is 0 Å². The number of carboxylic acids is 2. The van der Waals surface area contributed by atoms with Crippen LogP contribution in [0.2, 0.25) is 0 Å². The van der Waals surface area contributed by atoms with Crippen LogP contribution in [-0.2, 0) is 49.4 Å². The van der Waals surface area contributed by atoms with Crippen molar-refractivity contribution >= 4 is 57.8 Å². The van der Waals surface area contributed by atoms with E-state index in [1.165, 1.54) is 31.4 Å². The molecule has 0 aromatic heterocycles. The third-order valence-corrected chi connectivity index (χ3v) is 18.4. The predicted octanol–water partition coefficient (Wildman–Crippen LogP) is 14.1. The molecule has 8 fully saturated rings. The van der Waals surface area contributed by atoms with E-state index in [0.717, 1.165) is 56.9 Å². The standard InChI is InChI=1S/C29H34F3NO4.C19H22F3NO.C11H16O4.ClH/c1-18-2-6-21(7-3-18)37-23-9-5-20-16-19(4-8-22(20)24(23)29(30,31)32)17-33-25(34)27-10-13-28(14-11-27,15-12-27)26(35)36;1-12-2-6-15(7-3-12)24-17-9-5-14-10-13(11-23)4-8-16(14)18(17)19(20,21)22;1-15-9(14)11-5-2-10(3-6-11,4-7-11)8(12)13;/h4-5,8-9,16,18,21H,2-3,6-7,10-15,17H2,1H3,(H,33,34)(H,35,36);4-5,8-10,12,15H,2-3,6-7,11,23H2,1H3;2-7H2,1H3,(H,12,13);1H. The second-order valence-corrected chi connectivity index (χ2v) is 23.1. The number of alkyl halides is 6. The molecule has 4 aromatic carbocycles. The second kappa shape index (κ2) is 23.6. The maximum Gasteiger partial charge on any atom is 0.420 e. The minimum absolute atomic E-state index is 0. The number of nitrogens with two attached hydrogens (primary N) is 1. The van der Waals surface area contributed by atoms with E-state index in [9.17, 15) is 55.7 Å². The van der Waals surface area contributed by atoms with Gasteiger partial charge in [0.1, 0.15) is 22.6 Å². The van der Waals surface area contributed by atoms with Crippen LogP contribution in [0, 0.1) is 33.5 Å². The molecule has 0 saturated heterocycles. The molecule has 8 aliphatic rings. The minimum atomic E-state index is -4.56. The molecule has 8 aliphatic carbocycles. The monoisotopic (exact) mass is 1100 g/mol. The van der Waals surface area contributed by atoms with Gasteiger partial charge in [-0.25, -0.2) is 0 Å². The van der Waals surface area contributed by atoms with Gasteiger partial charge in [0.05, 0.1) is 35.6 Å². The molecular weight excluding hydrogens is 1030 g/mol. The average Bonchev–Trinajstić information content (AvgIpc) is 3.41. The number of aliphatic carboxylic acids is 2. The van der Waals surface area contributed by atoms with Gasteiger partial charge in [-0.15, -0.1) is 12.4 Å². The highest BCUT2D eigenvalue weighted by Gasteiger charge is 2.57. The molecule has 422 valence electrons. The first-order valence-electron chi connectivity index (χ1n) is 27.1. The molecule has 8 saturated carbocycles. The van der Waals surface area contributed by atoms with Gasteiger partial charge < -0.3 is 35.5 Å². The first kappa shape index (κ1) is 59.4. The number of amides is 1. The molecule has 0 unspecified atom stereocenters. The highest BCUT2D eigenvalue weighted by molar-refractivity contribution is 5.90. The summed E-state index contributed by atoms with van der Waals surface area (Å²) in [7, 11) is 1.41. The summed E-state index contributed by atoms with van der Waals surface area (Å²) in [6, 6.07) is 15.8. The van der Waals surface area contributed by atoms with Crippen LogP contribution in [-0.4, -0.2) is 53.3 Å². The second-order valence-electron chi connectivity index (χ2n) is 23.1. The Morgan fingerprint density at radius 3 is 1.29 bits per heavy atom. The molecule has 12 rings (SSSR count). The lowest BCUT2D eigenvalue weighted by Crippen LogP contribution is -2.52. The highest BCUT2D eigenvalue weighted by atomic mass is 35.5. The van der Waals surface area contributed by atoms with Gasteiger partial charge in [-0.2, -0.15) is 26.3 Å². The van der Waals surface area contributed by atoms with Crippen LogP contribution in [0.15, 0.2) is 60.7 Å². The lowest BCUT2D eigenvalue weighted by Gasteiger charge is -2.50. The quantitative estimate of drug-likeness (QED) is 0.0836. The number of halogens is 7. The number of carboxylic acid groups (broad SMARTS) is 2. The number of hydrogen-bond donors (Lipinski definition) is 4. The minimum Gasteiger partial charge on any atom is -0.490 e. The zero-order valence-corrected chi connectivity index (χ0v) is 45.0. The maximum atomic E-state index is 14.1. The summed E-state index contributed by atoms with van der Waals surface area (Å²) in [5.41, 5.74) is 3.54. The molecule has 18 heteroatoms. The number of carbonyl (C=O) groups excluding carboxylic acids is 2. The summed E-state index contributed by atoms with van der Waals surface area (Å²) >= 11 is 0. The molecule has 0 spiro atoms. The van der Waals surface area contributed by atoms with Crippen LogP contribution in [0.1, 0.15) is 165 Å². The van der Waals surface area contributed by atoms with Crippen molar-refractivity contribution in [2.75, 3.05) is 7.11 Å². The Bertz CT molecular complexity index is 2740. The number of esters is 1. The Morgan fingerprint density at radius 1 is 0.558 bits per heavy atom. The van der Waals surface area contributed by atoms with E-state index in [0.29, 0.717) is 112 Å². The highest BCUT2D eigenvalue weighted by Crippen LogP contribution is 2.58. The van der Waals surface area contributed by atoms with Crippen molar-refractivity contribution in [3.63, 3.8) is 0 Å². The molecule has 11 nitrogen and oxygen atoms in total. The fourth-order valence-electron chi connectivity index (χ4n) is 13.0. The first-order valence-corrected chi connectivity index (χ1v) is 27.1. The molecule has 0 heterocycles. The lowest BCUT2D eigenvalue weighted by molar-refractivity contribution is -0.172. The van der Waals surface area contributed by atoms with E-state index in [1.54, 1.807) is 36.4 Å². The van der Waals surface area contributed by atoms with E-state index in [4.69, 9.17) is 19.9 Å². The SMILES string of the molecule is CC1CCC(Oc2ccc3cc(CN)ccc3c2C(F)(F)F)CC1.CC1CCC(Oc2ccc3cc(CNC(=O)C45CCC(C(=O)O)(CC4)CC5)ccc3c2C(F)(F)F)CC1.COC(=O)C12CCC(C(=O)O)(CC1)CC2.Cl. The number of carbonyl (C=O) groups is 4. The van der Waals surface area contributed by atoms with Gasteiger partial charge in [0.25, 0.3) is 0 Å². The first-order chi connectivity index (χ1) is 35.9. The van der Waals surface area contributed by atoms with Gasteiger partial charge >= 0.3 is 30.3 Å². The van der Waals surface area contributed by atoms with Gasteiger partial charge in [-0.05, 0) is 197 Å². The lowest BCUT2D eigenvalue weighted by atomic mass is 9.53. The van der Waals surface area contributed by atoms with E-state index < -0.39 is 51.7 Å². The summed E-state index contributed by atoms with van der Waals surface area (Å²) < 4.78 is 99.9. The fraction of sp³-hybridized carbons (Fsp3) is 0.593. The topological polar surface area (TPSA) is 174 Å². The predicted molar refractivity (Wildman–Crippen MR) is 281 cm³/mol. The largest absolute Gasteiger partial charge is 0.490 e. The van der Waals surface area contributed by atoms with E-state index in [-0.39, 0.29) is 70.7 Å². The fourth-order valence-corrected chi connectivity index (χ4v) is 13.0. The van der Waals surface area contributed by atoms with Crippen molar-refractivity contribution in [2.45, 2.75) is 180 Å². The summed E-state index contributed by atoms with van der Waals surface area (Å²) in [5.74, 6) is -0.682. The van der Waals surface area contributed by atoms with Crippen molar-refractivity contribution in [3.05, 3.63) is 82.9 Å². The number of methoxy groups -OCH3 is 1. The molecule has 77 heavy (non-hydrogen) atoms. The van der Waals surface area contributed by atoms with E-state index in [1.807, 2.05) is 0 Å². The molecule has 0 radical (unpaired) electrons. The summed E-state index contributed by atoms with van der Waals surface area (Å²) in [4.78, 5) is 47.6. The van der Waals surface area contributed by atoms with Gasteiger partial charge in [0.15, 0.2) is 0 Å². The van der Waals surface area contributed by atoms with Crippen LogP contribution in [0.25, 0.3) is 21.5 Å². The van der Waals surface area contributed by atoms with Crippen molar-refractivity contribution in [1.29, 1.82) is 0 Å². The Morgan fingerprint density at radius 2 is 0.922 bits per heavy atom. The Balaban J connectivity index is 0.000000184. The number of ether oxygens (including phenoxy) is 3. The third kappa shape index (κ3) is 12.8. The summed E-state index contributed by atoms with van der Waals surface area (Å²) in [5, 5.41) is 23.0. The number of hydrogen-bond acceptors (Lipinski definition) is 8. The number of nitrogens with one attached hydrogen (secondary N) is 1. The Hall–Kier alpha value is -5.29. The normalized spacial score (nSPS) is 28.6. The Kier molecular flexibility index (Phi) is 18.2. The van der Waals surface area contributed by atoms with Crippen LogP contribution in [0.4, 0.5) is 26.3 Å². The number of fused-ring (bicyclic) bond motifs is 8. The van der Waals surface area contributed by atoms with Crippen LogP contribution in [0.5, 0.6) is 11.5 Å². The van der Waals surface area contributed by atoms with Crippen LogP contribution >= 0.6 is 12.4 Å². The van der Waals surface area contributed by atoms with Crippen molar-refractivity contribution in [1.82, 2.24) is 5.32 Å². The van der Waals surface area contributed by atoms with Gasteiger partial charge in [-0.3, -0.25) is 19.2 Å². The van der Waals surface area contributed by atoms with Crippen molar-refractivity contribution in [3.8, 4) is 11.5 Å². The van der Waals surface area contributed by atoms with Crippen molar-refractivity contribution < 1.29 is 69.9 Å². The molecular formula is C59H73ClF6N2O9. The molecule has 5 N–H and O–H groups in total. The third-order valence-electron chi connectivity index (χ3n) is 18.4. The molecule has 0 aliphatic heterocycles. The van der Waals surface area contributed by atoms with Gasteiger partial charge in [0.2, 0.25) is 5.91 Å². The van der Waals surface area contributed by atoms with Gasteiger partial charge in [-0.1, -0.05) is 50.2 Å². The molecule has 4 aromatic rings. The zero-order chi connectivity index (χ0) is 54.8. The van der Waals surface area contributed by atoms with E-state index in [2.05, 4.69) is 19.2 Å². The molecule has 1 amide bonds. The van der Waals surface area contributed by atoms with Crippen LogP contribution < -0.4 is 20.5 Å². The summed E-state index contributed by atoms with van der Waals surface area (Å²) in [6.45, 7) is 4.83. The average molecular weight is 1100 g/mol. The Labute approximate surface area is 452 Å². The molecule has 4 bridgehead atoms.